The zero-order chi connectivity index (χ0) is 20.5. The summed E-state index contributed by atoms with van der Waals surface area (Å²) in [5.41, 5.74) is -2.89. The summed E-state index contributed by atoms with van der Waals surface area (Å²) in [5.74, 6) is 0. The molecule has 0 atom stereocenters. The van der Waals surface area contributed by atoms with Gasteiger partial charge in [0, 0.05) is 11.6 Å². The van der Waals surface area contributed by atoms with Crippen LogP contribution in [0.25, 0.3) is 0 Å². The molecule has 0 aromatic heterocycles. The number of anilines is 2. The minimum Gasteiger partial charge on any atom is -0.328 e. The smallest absolute Gasteiger partial charge is 0.306 e. The van der Waals surface area contributed by atoms with E-state index in [9.17, 15) is 30.3 Å². The quantitative estimate of drug-likeness (QED) is 0.430. The highest BCUT2D eigenvalue weighted by Crippen LogP contribution is 2.47. The van der Waals surface area contributed by atoms with Crippen molar-refractivity contribution in [3.05, 3.63) is 69.7 Å². The third kappa shape index (κ3) is 4.02. The normalized spacial score (nSPS) is 10.5. The molecule has 0 unspecified atom stereocenters. The first-order valence-electron chi connectivity index (χ1n) is 7.11. The molecule has 2 aromatic rings. The Morgan fingerprint density at radius 1 is 0.815 bits per heavy atom. The van der Waals surface area contributed by atoms with Crippen LogP contribution in [0, 0.1) is 30.3 Å². The summed E-state index contributed by atoms with van der Waals surface area (Å²) >= 11 is 18.1. The van der Waals surface area contributed by atoms with Gasteiger partial charge in [-0.3, -0.25) is 30.3 Å². The molecular weight excluding hydrogens is 427 g/mol. The SMILES string of the molecule is CCN(c1c(Cl)cc(Cl)cc1Cl)c1c([N+](=O)[O-])cc([N+](=O)[O-])cc1[N+](=O)[O-]. The number of nitro groups is 3. The van der Waals surface area contributed by atoms with Gasteiger partial charge in [0.15, 0.2) is 5.69 Å². The van der Waals surface area contributed by atoms with Crippen LogP contribution >= 0.6 is 34.8 Å². The molecular formula is C14H9Cl3N4O6. The van der Waals surface area contributed by atoms with Crippen LogP contribution < -0.4 is 4.90 Å². The van der Waals surface area contributed by atoms with Crippen molar-refractivity contribution in [2.45, 2.75) is 6.92 Å². The van der Waals surface area contributed by atoms with Crippen LogP contribution in [0.2, 0.25) is 15.1 Å². The van der Waals surface area contributed by atoms with Crippen LogP contribution in [-0.4, -0.2) is 21.3 Å². The Labute approximate surface area is 166 Å². The maximum Gasteiger partial charge on any atom is 0.306 e. The number of hydrogen-bond donors (Lipinski definition) is 0. The minimum absolute atomic E-state index is 0.00343. The summed E-state index contributed by atoms with van der Waals surface area (Å²) in [6.07, 6.45) is 0. The summed E-state index contributed by atoms with van der Waals surface area (Å²) in [6, 6.07) is 3.91. The predicted octanol–water partition coefficient (Wildman–Crippen LogP) is 5.53. The van der Waals surface area contributed by atoms with Crippen molar-refractivity contribution < 1.29 is 14.8 Å². The third-order valence-corrected chi connectivity index (χ3v) is 4.29. The average molecular weight is 436 g/mol. The van der Waals surface area contributed by atoms with Gasteiger partial charge in [-0.15, -0.1) is 0 Å². The topological polar surface area (TPSA) is 133 Å². The van der Waals surface area contributed by atoms with E-state index in [2.05, 4.69) is 0 Å². The van der Waals surface area contributed by atoms with Gasteiger partial charge in [-0.25, -0.2) is 0 Å². The molecule has 0 N–H and O–H groups in total. The molecule has 2 rings (SSSR count). The molecule has 0 aliphatic rings. The van der Waals surface area contributed by atoms with E-state index in [1.165, 1.54) is 12.1 Å². The predicted molar refractivity (Wildman–Crippen MR) is 101 cm³/mol. The maximum atomic E-state index is 11.5. The summed E-state index contributed by atoms with van der Waals surface area (Å²) in [6.45, 7) is 1.54. The number of benzene rings is 2. The molecule has 0 amide bonds. The number of halogens is 3. The van der Waals surface area contributed by atoms with Gasteiger partial charge >= 0.3 is 11.4 Å². The fraction of sp³-hybridized carbons (Fsp3) is 0.143. The van der Waals surface area contributed by atoms with E-state index in [0.29, 0.717) is 12.1 Å². The number of nitrogens with zero attached hydrogens (tertiary/aromatic N) is 4. The summed E-state index contributed by atoms with van der Waals surface area (Å²) < 4.78 is 0. The average Bonchev–Trinajstić information content (AvgIpc) is 2.56. The van der Waals surface area contributed by atoms with Gasteiger partial charge in [0.25, 0.3) is 5.69 Å². The van der Waals surface area contributed by atoms with Gasteiger partial charge in [-0.2, -0.15) is 0 Å². The van der Waals surface area contributed by atoms with Crippen molar-refractivity contribution in [3.63, 3.8) is 0 Å². The lowest BCUT2D eigenvalue weighted by Crippen LogP contribution is -2.20. The van der Waals surface area contributed by atoms with Crippen LogP contribution in [0.15, 0.2) is 24.3 Å². The number of nitro benzene ring substituents is 3. The van der Waals surface area contributed by atoms with E-state index in [-0.39, 0.29) is 27.3 Å². The van der Waals surface area contributed by atoms with Crippen molar-refractivity contribution in [2.75, 3.05) is 11.4 Å². The summed E-state index contributed by atoms with van der Waals surface area (Å²) in [5, 5.41) is 34.2. The number of rotatable bonds is 6. The number of non-ortho nitro benzene ring substituents is 1. The molecule has 0 saturated heterocycles. The van der Waals surface area contributed by atoms with Crippen molar-refractivity contribution in [1.29, 1.82) is 0 Å². The second kappa shape index (κ2) is 7.91. The van der Waals surface area contributed by atoms with Gasteiger partial charge in [-0.05, 0) is 19.1 Å². The van der Waals surface area contributed by atoms with E-state index >= 15 is 0 Å². The molecule has 0 fully saturated rings. The lowest BCUT2D eigenvalue weighted by molar-refractivity contribution is -0.402. The highest BCUT2D eigenvalue weighted by atomic mass is 35.5. The fourth-order valence-corrected chi connectivity index (χ4v) is 3.49. The van der Waals surface area contributed by atoms with Gasteiger partial charge < -0.3 is 4.90 Å². The van der Waals surface area contributed by atoms with E-state index in [4.69, 9.17) is 34.8 Å². The Morgan fingerprint density at radius 3 is 1.59 bits per heavy atom. The fourth-order valence-electron chi connectivity index (χ4n) is 2.47. The molecule has 0 spiro atoms. The van der Waals surface area contributed by atoms with Gasteiger partial charge in [0.05, 0.1) is 42.6 Å². The van der Waals surface area contributed by atoms with Crippen LogP contribution in [0.3, 0.4) is 0 Å². The van der Waals surface area contributed by atoms with Gasteiger partial charge in [0.1, 0.15) is 0 Å². The molecule has 142 valence electrons. The first kappa shape index (κ1) is 20.6. The van der Waals surface area contributed by atoms with E-state index in [1.54, 1.807) is 6.92 Å². The Kier molecular flexibility index (Phi) is 6.04. The molecule has 13 heteroatoms. The van der Waals surface area contributed by atoms with Crippen molar-refractivity contribution >= 4 is 63.2 Å². The maximum absolute atomic E-state index is 11.5. The molecule has 0 radical (unpaired) electrons. The van der Waals surface area contributed by atoms with Crippen LogP contribution in [0.4, 0.5) is 28.4 Å². The van der Waals surface area contributed by atoms with Crippen molar-refractivity contribution in [2.24, 2.45) is 0 Å². The molecule has 0 aliphatic heterocycles. The highest BCUT2D eigenvalue weighted by Gasteiger charge is 2.35. The first-order chi connectivity index (χ1) is 12.6. The van der Waals surface area contributed by atoms with Crippen molar-refractivity contribution in [1.82, 2.24) is 0 Å². The lowest BCUT2D eigenvalue weighted by atomic mass is 10.1. The van der Waals surface area contributed by atoms with Crippen LogP contribution in [-0.2, 0) is 0 Å². The van der Waals surface area contributed by atoms with Gasteiger partial charge in [0.2, 0.25) is 0 Å². The largest absolute Gasteiger partial charge is 0.328 e. The highest BCUT2D eigenvalue weighted by molar-refractivity contribution is 6.42. The Morgan fingerprint density at radius 2 is 1.26 bits per heavy atom. The second-order valence-electron chi connectivity index (χ2n) is 5.07. The Hall–Kier alpha value is -2.69. The Bertz CT molecular complexity index is 910. The monoisotopic (exact) mass is 434 g/mol. The molecule has 27 heavy (non-hydrogen) atoms. The number of hydrogen-bond acceptors (Lipinski definition) is 7. The standard InChI is InChI=1S/C14H9Cl3N4O6/c1-2-18(13-9(16)3-7(15)4-10(13)17)14-11(20(24)25)5-8(19(22)23)6-12(14)21(26)27/h3-6H,2H2,1H3. The molecule has 2 aromatic carbocycles. The zero-order valence-corrected chi connectivity index (χ0v) is 15.7. The molecule has 0 heterocycles. The summed E-state index contributed by atoms with van der Waals surface area (Å²) in [4.78, 5) is 32.3. The van der Waals surface area contributed by atoms with Crippen LogP contribution in [0.1, 0.15) is 6.92 Å². The van der Waals surface area contributed by atoms with E-state index in [0.717, 1.165) is 4.90 Å². The van der Waals surface area contributed by atoms with E-state index < -0.39 is 37.5 Å². The first-order valence-corrected chi connectivity index (χ1v) is 8.25. The zero-order valence-electron chi connectivity index (χ0n) is 13.4. The molecule has 10 nitrogen and oxygen atoms in total. The molecule has 0 aliphatic carbocycles. The lowest BCUT2D eigenvalue weighted by Gasteiger charge is -2.25. The van der Waals surface area contributed by atoms with Gasteiger partial charge in [-0.1, -0.05) is 34.8 Å². The van der Waals surface area contributed by atoms with Crippen molar-refractivity contribution in [3.8, 4) is 0 Å². The third-order valence-electron chi connectivity index (χ3n) is 3.50. The minimum atomic E-state index is -0.956. The molecule has 0 bridgehead atoms. The molecule has 0 saturated carbocycles. The summed E-state index contributed by atoms with van der Waals surface area (Å²) in [7, 11) is 0. The van der Waals surface area contributed by atoms with Crippen LogP contribution in [0.5, 0.6) is 0 Å². The second-order valence-corrected chi connectivity index (χ2v) is 6.32. The Balaban J connectivity index is 2.91. The van der Waals surface area contributed by atoms with E-state index in [1.807, 2.05) is 0 Å².